The van der Waals surface area contributed by atoms with E-state index in [-0.39, 0.29) is 18.9 Å². The number of non-ortho nitro benzene ring substituents is 1. The van der Waals surface area contributed by atoms with Gasteiger partial charge in [-0.3, -0.25) is 15.1 Å². The number of hydrogen-bond donors (Lipinski definition) is 1. The van der Waals surface area contributed by atoms with Crippen LogP contribution in [0.2, 0.25) is 0 Å². The Morgan fingerprint density at radius 1 is 1.00 bits per heavy atom. The number of ether oxygens (including phenoxy) is 4. The van der Waals surface area contributed by atoms with E-state index in [1.165, 1.54) is 12.1 Å². The summed E-state index contributed by atoms with van der Waals surface area (Å²) in [6, 6.07) is 24.3. The van der Waals surface area contributed by atoms with E-state index < -0.39 is 41.9 Å². The molecule has 2 heterocycles. The minimum absolute atomic E-state index is 0.0114. The second-order valence-electron chi connectivity index (χ2n) is 8.62. The van der Waals surface area contributed by atoms with Crippen molar-refractivity contribution in [1.29, 1.82) is 0 Å². The van der Waals surface area contributed by atoms with Gasteiger partial charge < -0.3 is 24.1 Å². The maximum atomic E-state index is 11.3. The zero-order valence-corrected chi connectivity index (χ0v) is 19.3. The topological polar surface area (TPSA) is 113 Å². The Labute approximate surface area is 208 Å². The van der Waals surface area contributed by atoms with Gasteiger partial charge in [0.1, 0.15) is 24.4 Å². The number of hydrogen-bond acceptors (Lipinski definition) is 8. The molecule has 0 aliphatic carbocycles. The van der Waals surface area contributed by atoms with Crippen LogP contribution in [0.4, 0.5) is 5.69 Å². The van der Waals surface area contributed by atoms with Gasteiger partial charge in [0, 0.05) is 23.9 Å². The van der Waals surface area contributed by atoms with Gasteiger partial charge in [-0.1, -0.05) is 60.7 Å². The van der Waals surface area contributed by atoms with Crippen LogP contribution in [0.5, 0.6) is 0 Å². The van der Waals surface area contributed by atoms with Crippen LogP contribution in [-0.2, 0) is 25.6 Å². The second-order valence-corrected chi connectivity index (χ2v) is 8.62. The summed E-state index contributed by atoms with van der Waals surface area (Å²) in [5.74, 6) is 0. The van der Waals surface area contributed by atoms with E-state index in [0.29, 0.717) is 5.56 Å². The zero-order chi connectivity index (χ0) is 24.9. The Kier molecular flexibility index (Phi) is 7.45. The van der Waals surface area contributed by atoms with Crippen LogP contribution in [0.25, 0.3) is 0 Å². The van der Waals surface area contributed by atoms with Gasteiger partial charge in [0.2, 0.25) is 0 Å². The van der Waals surface area contributed by atoms with Crippen LogP contribution in [0, 0.1) is 10.1 Å². The number of aliphatic imine (C=N–C) groups is 1. The van der Waals surface area contributed by atoms with E-state index >= 15 is 0 Å². The third-order valence-electron chi connectivity index (χ3n) is 6.16. The van der Waals surface area contributed by atoms with Gasteiger partial charge in [-0.2, -0.15) is 0 Å². The van der Waals surface area contributed by atoms with E-state index in [2.05, 4.69) is 4.99 Å². The number of aliphatic hydroxyl groups excluding tert-OH is 1. The first-order chi connectivity index (χ1) is 17.6. The summed E-state index contributed by atoms with van der Waals surface area (Å²) < 4.78 is 24.2. The predicted molar refractivity (Wildman–Crippen MR) is 130 cm³/mol. The van der Waals surface area contributed by atoms with Gasteiger partial charge in [-0.15, -0.1) is 0 Å². The van der Waals surface area contributed by atoms with Crippen LogP contribution in [-0.4, -0.2) is 53.5 Å². The number of aliphatic hydroxyl groups is 1. The van der Waals surface area contributed by atoms with Crippen molar-refractivity contribution in [3.8, 4) is 0 Å². The molecule has 2 fully saturated rings. The van der Waals surface area contributed by atoms with Crippen LogP contribution in [0.1, 0.15) is 23.0 Å². The summed E-state index contributed by atoms with van der Waals surface area (Å²) in [7, 11) is 0. The summed E-state index contributed by atoms with van der Waals surface area (Å²) in [4.78, 5) is 15.1. The normalized spacial score (nSPS) is 28.0. The molecule has 2 saturated heterocycles. The second kappa shape index (κ2) is 11.1. The molecule has 36 heavy (non-hydrogen) atoms. The summed E-state index contributed by atoms with van der Waals surface area (Å²) in [6.45, 7) is 0.499. The van der Waals surface area contributed by atoms with E-state index in [4.69, 9.17) is 18.9 Å². The van der Waals surface area contributed by atoms with Gasteiger partial charge in [0.05, 0.1) is 18.1 Å². The minimum atomic E-state index is -1.03. The molecule has 9 heteroatoms. The first-order valence-electron chi connectivity index (χ1n) is 11.7. The van der Waals surface area contributed by atoms with E-state index in [1.54, 1.807) is 18.3 Å². The molecule has 1 N–H and O–H groups in total. The monoisotopic (exact) mass is 490 g/mol. The fraction of sp³-hybridized carbons (Fsp3) is 0.296. The molecule has 3 aromatic rings. The molecule has 0 amide bonds. The Bertz CT molecular complexity index is 1170. The molecule has 2 aliphatic rings. The fourth-order valence-corrected chi connectivity index (χ4v) is 4.26. The van der Waals surface area contributed by atoms with Crippen LogP contribution in [0.15, 0.2) is 89.9 Å². The van der Waals surface area contributed by atoms with Crippen molar-refractivity contribution in [1.82, 2.24) is 0 Å². The molecule has 3 aromatic carbocycles. The predicted octanol–water partition coefficient (Wildman–Crippen LogP) is 3.80. The van der Waals surface area contributed by atoms with Gasteiger partial charge in [-0.25, -0.2) is 0 Å². The minimum Gasteiger partial charge on any atom is -0.388 e. The molecule has 5 rings (SSSR count). The highest BCUT2D eigenvalue weighted by Crippen LogP contribution is 2.35. The molecule has 2 aliphatic heterocycles. The average molecular weight is 491 g/mol. The number of rotatable bonds is 7. The maximum Gasteiger partial charge on any atom is 0.269 e. The first-order valence-corrected chi connectivity index (χ1v) is 11.7. The van der Waals surface area contributed by atoms with E-state index in [0.717, 1.165) is 11.1 Å². The summed E-state index contributed by atoms with van der Waals surface area (Å²) in [5.41, 5.74) is 2.43. The summed E-state index contributed by atoms with van der Waals surface area (Å²) in [5, 5.41) is 22.3. The Morgan fingerprint density at radius 3 is 2.39 bits per heavy atom. The number of nitro benzene ring substituents is 1. The Balaban J connectivity index is 1.36. The molecule has 0 saturated carbocycles. The molecular formula is C27H26N2O7. The molecule has 0 radical (unpaired) electrons. The van der Waals surface area contributed by atoms with Crippen LogP contribution < -0.4 is 0 Å². The largest absolute Gasteiger partial charge is 0.388 e. The standard InChI is InChI=1S/C27H26N2O7/c30-24-23(28-15-18-11-13-21(14-12-18)29(31)32)27(33-16-19-7-3-1-4-8-19)35-22-17-34-26(36-25(22)24)20-9-5-2-6-10-20/h1-15,22-27,30H,16-17H2/t22-,23-,24-,25-,26?,27+/m1/s1. The third kappa shape index (κ3) is 5.51. The fourth-order valence-electron chi connectivity index (χ4n) is 4.26. The van der Waals surface area contributed by atoms with Crippen LogP contribution >= 0.6 is 0 Å². The molecule has 1 unspecified atom stereocenters. The van der Waals surface area contributed by atoms with Gasteiger partial charge >= 0.3 is 0 Å². The smallest absolute Gasteiger partial charge is 0.269 e. The lowest BCUT2D eigenvalue weighted by Crippen LogP contribution is -2.61. The van der Waals surface area contributed by atoms with Gasteiger partial charge in [0.15, 0.2) is 12.6 Å². The van der Waals surface area contributed by atoms with Crippen molar-refractivity contribution in [3.63, 3.8) is 0 Å². The van der Waals surface area contributed by atoms with Crippen molar-refractivity contribution in [2.75, 3.05) is 6.61 Å². The number of nitrogens with zero attached hydrogens (tertiary/aromatic N) is 2. The summed E-state index contributed by atoms with van der Waals surface area (Å²) in [6.07, 6.45) is -2.18. The van der Waals surface area contributed by atoms with Crippen molar-refractivity contribution < 1.29 is 29.0 Å². The lowest BCUT2D eigenvalue weighted by Gasteiger charge is -2.46. The lowest BCUT2D eigenvalue weighted by molar-refractivity contribution is -0.384. The summed E-state index contributed by atoms with van der Waals surface area (Å²) >= 11 is 0. The molecule has 9 nitrogen and oxygen atoms in total. The zero-order valence-electron chi connectivity index (χ0n) is 19.3. The first kappa shape index (κ1) is 24.2. The molecule has 0 bridgehead atoms. The molecule has 0 spiro atoms. The maximum absolute atomic E-state index is 11.3. The highest BCUT2D eigenvalue weighted by Gasteiger charge is 2.49. The lowest BCUT2D eigenvalue weighted by atomic mass is 9.96. The van der Waals surface area contributed by atoms with Crippen LogP contribution in [0.3, 0.4) is 0 Å². The molecular weight excluding hydrogens is 464 g/mol. The quantitative estimate of drug-likeness (QED) is 0.305. The van der Waals surface area contributed by atoms with Crippen molar-refractivity contribution in [2.24, 2.45) is 4.99 Å². The SMILES string of the molecule is O=[N+]([O-])c1ccc(C=N[C@H]2[C@@H](OCc3ccccc3)O[C@@H]3COC(c4ccccc4)O[C@H]3[C@@H]2O)cc1. The average Bonchev–Trinajstić information content (AvgIpc) is 2.92. The Morgan fingerprint density at radius 2 is 1.69 bits per heavy atom. The molecule has 6 atom stereocenters. The van der Waals surface area contributed by atoms with E-state index in [9.17, 15) is 15.2 Å². The van der Waals surface area contributed by atoms with Crippen molar-refractivity contribution in [3.05, 3.63) is 112 Å². The molecule has 186 valence electrons. The van der Waals surface area contributed by atoms with Crippen molar-refractivity contribution >= 4 is 11.9 Å². The van der Waals surface area contributed by atoms with Crippen molar-refractivity contribution in [2.45, 2.75) is 43.5 Å². The van der Waals surface area contributed by atoms with E-state index in [1.807, 2.05) is 60.7 Å². The number of fused-ring (bicyclic) bond motifs is 1. The highest BCUT2D eigenvalue weighted by molar-refractivity contribution is 5.80. The van der Waals surface area contributed by atoms with Gasteiger partial charge in [-0.05, 0) is 23.3 Å². The molecule has 0 aromatic heterocycles. The highest BCUT2D eigenvalue weighted by atomic mass is 16.7. The third-order valence-corrected chi connectivity index (χ3v) is 6.16. The number of benzene rings is 3. The van der Waals surface area contributed by atoms with Gasteiger partial charge in [0.25, 0.3) is 5.69 Å². The number of nitro groups is 1. The Hall–Kier alpha value is -3.47.